The van der Waals surface area contributed by atoms with Crippen molar-refractivity contribution in [3.8, 4) is 0 Å². The number of aromatic nitrogens is 2. The van der Waals surface area contributed by atoms with E-state index in [1.54, 1.807) is 29.7 Å². The number of nitrogens with one attached hydrogen (secondary N) is 2. The Kier molecular flexibility index (Phi) is 17.4. The highest BCUT2D eigenvalue weighted by molar-refractivity contribution is 5.85. The molecule has 278 valence electrons. The van der Waals surface area contributed by atoms with Gasteiger partial charge in [0.1, 0.15) is 6.61 Å². The Bertz CT molecular complexity index is 1730. The fraction of sp³-hybridized carbons (Fsp3) is 0.225. The zero-order valence-electron chi connectivity index (χ0n) is 29.2. The summed E-state index contributed by atoms with van der Waals surface area (Å²) >= 11 is 0. The van der Waals surface area contributed by atoms with Gasteiger partial charge in [0, 0.05) is 51.0 Å². The number of halogens is 2. The number of carbonyl (C=O) groups excluding carboxylic acids is 3. The van der Waals surface area contributed by atoms with E-state index in [1.165, 1.54) is 0 Å². The Labute approximate surface area is 322 Å². The second kappa shape index (κ2) is 21.9. The first-order valence-electron chi connectivity index (χ1n) is 16.8. The molecule has 0 saturated carbocycles. The van der Waals surface area contributed by atoms with Crippen LogP contribution in [0.25, 0.3) is 0 Å². The summed E-state index contributed by atoms with van der Waals surface area (Å²) in [6.45, 7) is 1.42. The predicted octanol–water partition coefficient (Wildman–Crippen LogP) is 5.03. The van der Waals surface area contributed by atoms with E-state index < -0.39 is 18.2 Å². The van der Waals surface area contributed by atoms with Crippen LogP contribution in [0.4, 0.5) is 4.79 Å². The van der Waals surface area contributed by atoms with E-state index in [9.17, 15) is 14.4 Å². The first-order valence-corrected chi connectivity index (χ1v) is 16.8. The topological polar surface area (TPSA) is 166 Å². The monoisotopic (exact) mass is 757 g/mol. The highest BCUT2D eigenvalue weighted by atomic mass is 35.5. The number of hydrogen-bond acceptors (Lipinski definition) is 8. The smallest absolute Gasteiger partial charge is 0.410 e. The van der Waals surface area contributed by atoms with Crippen LogP contribution in [0.15, 0.2) is 128 Å². The van der Waals surface area contributed by atoms with Gasteiger partial charge in [-0.2, -0.15) is 0 Å². The van der Waals surface area contributed by atoms with Gasteiger partial charge in [-0.3, -0.25) is 24.5 Å². The van der Waals surface area contributed by atoms with Gasteiger partial charge in [0.05, 0.1) is 12.1 Å². The molecule has 53 heavy (non-hydrogen) atoms. The number of carbonyl (C=O) groups is 3. The lowest BCUT2D eigenvalue weighted by Gasteiger charge is -2.23. The molecule has 5 rings (SSSR count). The van der Waals surface area contributed by atoms with E-state index >= 15 is 0 Å². The molecule has 0 fully saturated rings. The van der Waals surface area contributed by atoms with Gasteiger partial charge in [-0.1, -0.05) is 91.0 Å². The van der Waals surface area contributed by atoms with Crippen LogP contribution in [0.1, 0.15) is 38.9 Å². The van der Waals surface area contributed by atoms with Gasteiger partial charge in [-0.15, -0.1) is 24.8 Å². The van der Waals surface area contributed by atoms with Crippen LogP contribution in [0.2, 0.25) is 0 Å². The Balaban J connectivity index is 0.00000378. The summed E-state index contributed by atoms with van der Waals surface area (Å²) in [4.78, 5) is 48.3. The molecule has 2 aromatic heterocycles. The fourth-order valence-corrected chi connectivity index (χ4v) is 5.33. The highest BCUT2D eigenvalue weighted by Gasteiger charge is 2.18. The zero-order valence-corrected chi connectivity index (χ0v) is 30.8. The molecule has 2 heterocycles. The van der Waals surface area contributed by atoms with E-state index in [-0.39, 0.29) is 43.2 Å². The molecule has 0 aliphatic rings. The zero-order chi connectivity index (χ0) is 35.8. The second-order valence-corrected chi connectivity index (χ2v) is 12.3. The molecule has 0 saturated heterocycles. The molecule has 3 amide bonds. The maximum Gasteiger partial charge on any atom is 0.410 e. The lowest BCUT2D eigenvalue weighted by molar-refractivity contribution is -0.123. The van der Waals surface area contributed by atoms with Crippen molar-refractivity contribution >= 4 is 42.7 Å². The number of rotatable bonds is 16. The minimum atomic E-state index is -0.682. The summed E-state index contributed by atoms with van der Waals surface area (Å²) in [5, 5.41) is 5.79. The van der Waals surface area contributed by atoms with E-state index in [4.69, 9.17) is 16.2 Å². The van der Waals surface area contributed by atoms with Crippen LogP contribution < -0.4 is 22.1 Å². The summed E-state index contributed by atoms with van der Waals surface area (Å²) < 4.78 is 5.70. The maximum atomic E-state index is 13.4. The number of nitrogens with zero attached hydrogens (tertiary/aromatic N) is 3. The number of nitrogens with two attached hydrogens (primary N) is 2. The Morgan fingerprint density at radius 1 is 0.566 bits per heavy atom. The van der Waals surface area contributed by atoms with Crippen molar-refractivity contribution < 1.29 is 19.1 Å². The molecule has 0 aliphatic carbocycles. The molecular weight excluding hydrogens is 713 g/mol. The van der Waals surface area contributed by atoms with Gasteiger partial charge in [0.25, 0.3) is 0 Å². The molecule has 5 aromatic rings. The number of pyridine rings is 2. The highest BCUT2D eigenvalue weighted by Crippen LogP contribution is 2.15. The van der Waals surface area contributed by atoms with Crippen LogP contribution in [0.5, 0.6) is 0 Å². The molecule has 0 aliphatic heterocycles. The molecule has 3 aromatic carbocycles. The largest absolute Gasteiger partial charge is 0.445 e. The van der Waals surface area contributed by atoms with Crippen LogP contribution >= 0.6 is 24.8 Å². The first-order chi connectivity index (χ1) is 24.8. The second-order valence-electron chi connectivity index (χ2n) is 12.3. The number of hydrogen-bond donors (Lipinski definition) is 4. The van der Waals surface area contributed by atoms with Crippen LogP contribution in [-0.4, -0.2) is 44.9 Å². The molecule has 0 bridgehead atoms. The van der Waals surface area contributed by atoms with Crippen molar-refractivity contribution in [2.45, 2.75) is 57.7 Å². The van der Waals surface area contributed by atoms with E-state index in [2.05, 4.69) is 20.6 Å². The molecule has 6 N–H and O–H groups in total. The third-order valence-electron chi connectivity index (χ3n) is 8.22. The number of amides is 3. The molecule has 13 heteroatoms. The summed E-state index contributed by atoms with van der Waals surface area (Å²) in [5.41, 5.74) is 18.5. The van der Waals surface area contributed by atoms with Crippen molar-refractivity contribution in [1.29, 1.82) is 0 Å². The third kappa shape index (κ3) is 14.0. The van der Waals surface area contributed by atoms with Crippen LogP contribution in [0.3, 0.4) is 0 Å². The molecule has 0 spiro atoms. The lowest BCUT2D eigenvalue weighted by Crippen LogP contribution is -2.41. The Morgan fingerprint density at radius 2 is 0.981 bits per heavy atom. The van der Waals surface area contributed by atoms with Gasteiger partial charge in [-0.25, -0.2) is 4.79 Å². The predicted molar refractivity (Wildman–Crippen MR) is 209 cm³/mol. The lowest BCUT2D eigenvalue weighted by atomic mass is 10.1. The van der Waals surface area contributed by atoms with E-state index in [1.807, 2.05) is 103 Å². The van der Waals surface area contributed by atoms with Crippen LogP contribution in [-0.2, 0) is 60.0 Å². The normalized spacial score (nSPS) is 11.5. The molecule has 2 atom stereocenters. The molecule has 0 radical (unpaired) electrons. The maximum absolute atomic E-state index is 13.4. The minimum absolute atomic E-state index is 0. The van der Waals surface area contributed by atoms with Gasteiger partial charge in [0.15, 0.2) is 0 Å². The van der Waals surface area contributed by atoms with Gasteiger partial charge in [0.2, 0.25) is 11.8 Å². The first kappa shape index (κ1) is 42.1. The van der Waals surface area contributed by atoms with Gasteiger partial charge >= 0.3 is 6.09 Å². The van der Waals surface area contributed by atoms with Gasteiger partial charge in [-0.05, 0) is 63.9 Å². The van der Waals surface area contributed by atoms with Crippen molar-refractivity contribution in [3.05, 3.63) is 167 Å². The average molecular weight is 759 g/mol. The quantitative estimate of drug-likeness (QED) is 0.109. The summed E-state index contributed by atoms with van der Waals surface area (Å²) in [5.74, 6) is -0.485. The van der Waals surface area contributed by atoms with Crippen molar-refractivity contribution in [2.24, 2.45) is 11.5 Å². The summed E-state index contributed by atoms with van der Waals surface area (Å²) in [6, 6.07) is 31.0. The molecular formula is C40H45Cl2N7O4. The third-order valence-corrected chi connectivity index (χ3v) is 8.22. The average Bonchev–Trinajstić information content (AvgIpc) is 3.17. The Morgan fingerprint density at radius 3 is 1.40 bits per heavy atom. The Hall–Kier alpha value is -5.33. The molecule has 11 nitrogen and oxygen atoms in total. The number of benzene rings is 3. The fourth-order valence-electron chi connectivity index (χ4n) is 5.33. The van der Waals surface area contributed by atoms with E-state index in [0.29, 0.717) is 39.0 Å². The van der Waals surface area contributed by atoms with E-state index in [0.717, 1.165) is 38.9 Å². The SMILES string of the molecule is Cl.Cl.NC(Cc1cccnc1)C(=O)NCc1ccc(CN(Cc2ccc(CNC(=O)C(N)Cc3cccnc3)cc2)C(=O)OCc2ccccc2)cc1. The van der Waals surface area contributed by atoms with Crippen molar-refractivity contribution in [2.75, 3.05) is 0 Å². The van der Waals surface area contributed by atoms with Crippen molar-refractivity contribution in [1.82, 2.24) is 25.5 Å². The van der Waals surface area contributed by atoms with Gasteiger partial charge < -0.3 is 26.8 Å². The van der Waals surface area contributed by atoms with Crippen LogP contribution in [0, 0.1) is 0 Å². The van der Waals surface area contributed by atoms with Crippen molar-refractivity contribution in [3.63, 3.8) is 0 Å². The summed E-state index contributed by atoms with van der Waals surface area (Å²) in [6.07, 6.45) is 7.11. The molecule has 2 unspecified atom stereocenters. The number of ether oxygens (including phenoxy) is 1. The minimum Gasteiger partial charge on any atom is -0.445 e. The summed E-state index contributed by atoms with van der Waals surface area (Å²) in [7, 11) is 0. The standard InChI is InChI=1S/C40H43N7O4.2ClH/c41-36(20-34-8-4-18-43-22-34)38(48)45-24-29-10-14-31(15-11-29)26-47(40(50)51-28-33-6-2-1-3-7-33)27-32-16-12-30(13-17-32)25-46-39(49)37(42)21-35-9-5-19-44-23-35;;/h1-19,22-23,36-37H,20-21,24-28,41-42H2,(H,45,48)(H,46,49);2*1H.